The van der Waals surface area contributed by atoms with Crippen molar-refractivity contribution >= 4 is 6.08 Å². The third-order valence-electron chi connectivity index (χ3n) is 4.94. The Hall–Kier alpha value is -2.04. The van der Waals surface area contributed by atoms with Crippen molar-refractivity contribution in [3.05, 3.63) is 71.8 Å². The van der Waals surface area contributed by atoms with Crippen molar-refractivity contribution in [2.45, 2.75) is 12.5 Å². The number of halogens is 1. The van der Waals surface area contributed by atoms with Gasteiger partial charge in [-0.05, 0) is 62.3 Å². The third kappa shape index (κ3) is 4.74. The van der Waals surface area contributed by atoms with E-state index < -0.39 is 0 Å². The SMILES string of the molecule is CN(C/C=C/c1ccc(F)cc1)C[C@@H]1CCN(C)[C@H]1c1cccnc1. The summed E-state index contributed by atoms with van der Waals surface area (Å²) in [4.78, 5) is 9.08. The third-order valence-corrected chi connectivity index (χ3v) is 4.94. The molecule has 0 saturated carbocycles. The Morgan fingerprint density at radius 2 is 2.08 bits per heavy atom. The lowest BCUT2D eigenvalue weighted by molar-refractivity contribution is 0.228. The Bertz CT molecular complexity index is 684. The van der Waals surface area contributed by atoms with Gasteiger partial charge in [-0.1, -0.05) is 30.4 Å². The van der Waals surface area contributed by atoms with Gasteiger partial charge in [-0.3, -0.25) is 9.88 Å². The van der Waals surface area contributed by atoms with E-state index in [-0.39, 0.29) is 5.82 Å². The van der Waals surface area contributed by atoms with Crippen molar-refractivity contribution in [2.24, 2.45) is 5.92 Å². The van der Waals surface area contributed by atoms with Crippen molar-refractivity contribution < 1.29 is 4.39 Å². The van der Waals surface area contributed by atoms with Crippen LogP contribution in [0.5, 0.6) is 0 Å². The number of benzene rings is 1. The monoisotopic (exact) mass is 339 g/mol. The Balaban J connectivity index is 1.56. The van der Waals surface area contributed by atoms with E-state index in [1.807, 2.05) is 18.5 Å². The van der Waals surface area contributed by atoms with Crippen molar-refractivity contribution in [3.63, 3.8) is 0 Å². The molecule has 4 heteroatoms. The molecule has 0 unspecified atom stereocenters. The van der Waals surface area contributed by atoms with Gasteiger partial charge in [0.25, 0.3) is 0 Å². The number of nitrogens with zero attached hydrogens (tertiary/aromatic N) is 3. The number of hydrogen-bond donors (Lipinski definition) is 0. The molecule has 1 saturated heterocycles. The van der Waals surface area contributed by atoms with Crippen LogP contribution in [0.1, 0.15) is 23.6 Å². The molecule has 1 aliphatic rings. The zero-order valence-corrected chi connectivity index (χ0v) is 15.0. The molecule has 1 fully saturated rings. The van der Waals surface area contributed by atoms with Crippen LogP contribution < -0.4 is 0 Å². The molecule has 1 aromatic carbocycles. The Morgan fingerprint density at radius 1 is 1.28 bits per heavy atom. The molecule has 132 valence electrons. The molecule has 0 radical (unpaired) electrons. The molecule has 0 aliphatic carbocycles. The predicted octanol–water partition coefficient (Wildman–Crippen LogP) is 3.86. The van der Waals surface area contributed by atoms with Crippen molar-refractivity contribution in [1.29, 1.82) is 0 Å². The van der Waals surface area contributed by atoms with Crippen molar-refractivity contribution in [1.82, 2.24) is 14.8 Å². The summed E-state index contributed by atoms with van der Waals surface area (Å²) in [5, 5.41) is 0. The highest BCUT2D eigenvalue weighted by Crippen LogP contribution is 2.35. The van der Waals surface area contributed by atoms with Gasteiger partial charge in [0.1, 0.15) is 5.82 Å². The Morgan fingerprint density at radius 3 is 2.80 bits per heavy atom. The number of rotatable bonds is 6. The molecule has 3 nitrogen and oxygen atoms in total. The van der Waals surface area contributed by atoms with Gasteiger partial charge >= 0.3 is 0 Å². The zero-order valence-electron chi connectivity index (χ0n) is 15.0. The van der Waals surface area contributed by atoms with Crippen molar-refractivity contribution in [3.8, 4) is 0 Å². The van der Waals surface area contributed by atoms with Gasteiger partial charge in [0, 0.05) is 31.5 Å². The maximum Gasteiger partial charge on any atom is 0.123 e. The van der Waals surface area contributed by atoms with Gasteiger partial charge in [0.15, 0.2) is 0 Å². The van der Waals surface area contributed by atoms with Gasteiger partial charge in [0.2, 0.25) is 0 Å². The molecule has 2 aromatic rings. The lowest BCUT2D eigenvalue weighted by Crippen LogP contribution is -2.30. The van der Waals surface area contributed by atoms with E-state index in [4.69, 9.17) is 0 Å². The minimum absolute atomic E-state index is 0.193. The van der Waals surface area contributed by atoms with Gasteiger partial charge in [-0.2, -0.15) is 0 Å². The molecular weight excluding hydrogens is 313 g/mol. The normalized spacial score (nSPS) is 21.4. The number of hydrogen-bond acceptors (Lipinski definition) is 3. The molecule has 1 aliphatic heterocycles. The van der Waals surface area contributed by atoms with Crippen LogP contribution in [0.4, 0.5) is 4.39 Å². The summed E-state index contributed by atoms with van der Waals surface area (Å²) in [6.07, 6.45) is 9.23. The van der Waals surface area contributed by atoms with E-state index in [2.05, 4.69) is 47.1 Å². The molecule has 0 spiro atoms. The number of pyridine rings is 1. The lowest BCUT2D eigenvalue weighted by Gasteiger charge is -2.28. The van der Waals surface area contributed by atoms with Crippen LogP contribution in [0.25, 0.3) is 6.08 Å². The van der Waals surface area contributed by atoms with E-state index in [9.17, 15) is 4.39 Å². The topological polar surface area (TPSA) is 19.4 Å². The standard InChI is InChI=1S/C21H26FN3/c1-24(13-4-5-17-7-9-20(22)10-8-17)16-19-11-14-25(2)21(19)18-6-3-12-23-15-18/h3-10,12,15,19,21H,11,13-14,16H2,1-2H3/b5-4+/t19-,21-/m0/s1. The average molecular weight is 339 g/mol. The molecule has 0 amide bonds. The highest BCUT2D eigenvalue weighted by Gasteiger charge is 2.33. The Labute approximate surface area is 149 Å². The summed E-state index contributed by atoms with van der Waals surface area (Å²) in [6.45, 7) is 3.07. The summed E-state index contributed by atoms with van der Waals surface area (Å²) in [5.74, 6) is 0.416. The number of likely N-dealkylation sites (tertiary alicyclic amines) is 1. The fourth-order valence-electron chi connectivity index (χ4n) is 3.71. The maximum absolute atomic E-state index is 12.9. The summed E-state index contributed by atoms with van der Waals surface area (Å²) in [5.41, 5.74) is 2.34. The van der Waals surface area contributed by atoms with Crippen LogP contribution >= 0.6 is 0 Å². The van der Waals surface area contributed by atoms with E-state index >= 15 is 0 Å². The van der Waals surface area contributed by atoms with Crippen LogP contribution in [0.3, 0.4) is 0 Å². The molecule has 25 heavy (non-hydrogen) atoms. The number of likely N-dealkylation sites (N-methyl/N-ethyl adjacent to an activating group) is 1. The smallest absolute Gasteiger partial charge is 0.123 e. The lowest BCUT2D eigenvalue weighted by atomic mass is 9.94. The van der Waals surface area contributed by atoms with Gasteiger partial charge < -0.3 is 4.90 Å². The van der Waals surface area contributed by atoms with E-state index in [1.165, 1.54) is 24.1 Å². The summed E-state index contributed by atoms with van der Waals surface area (Å²) < 4.78 is 12.9. The van der Waals surface area contributed by atoms with Crippen molar-refractivity contribution in [2.75, 3.05) is 33.7 Å². The fraction of sp³-hybridized carbons (Fsp3) is 0.381. The second kappa shape index (κ2) is 8.37. The fourth-order valence-corrected chi connectivity index (χ4v) is 3.71. The minimum atomic E-state index is -0.193. The summed E-state index contributed by atoms with van der Waals surface area (Å²) >= 11 is 0. The zero-order chi connectivity index (χ0) is 17.6. The molecule has 0 bridgehead atoms. The van der Waals surface area contributed by atoms with E-state index in [0.717, 1.165) is 25.2 Å². The van der Waals surface area contributed by atoms with Crippen LogP contribution in [0, 0.1) is 11.7 Å². The summed E-state index contributed by atoms with van der Waals surface area (Å²) in [6, 6.07) is 11.2. The first-order valence-corrected chi connectivity index (χ1v) is 8.84. The summed E-state index contributed by atoms with van der Waals surface area (Å²) in [7, 11) is 4.36. The average Bonchev–Trinajstić information content (AvgIpc) is 2.97. The maximum atomic E-state index is 12.9. The highest BCUT2D eigenvalue weighted by atomic mass is 19.1. The first-order valence-electron chi connectivity index (χ1n) is 8.84. The van der Waals surface area contributed by atoms with Crippen LogP contribution in [0.15, 0.2) is 54.9 Å². The largest absolute Gasteiger partial charge is 0.302 e. The first kappa shape index (κ1) is 17.8. The molecule has 2 atom stereocenters. The molecule has 2 heterocycles. The van der Waals surface area contributed by atoms with Gasteiger partial charge in [-0.25, -0.2) is 4.39 Å². The van der Waals surface area contributed by atoms with Crippen LogP contribution in [-0.2, 0) is 0 Å². The second-order valence-electron chi connectivity index (χ2n) is 6.94. The quantitative estimate of drug-likeness (QED) is 0.797. The molecule has 0 N–H and O–H groups in total. The van der Waals surface area contributed by atoms with E-state index in [1.54, 1.807) is 12.1 Å². The predicted molar refractivity (Wildman–Crippen MR) is 101 cm³/mol. The molecule has 1 aromatic heterocycles. The first-order chi connectivity index (χ1) is 12.1. The molecule has 3 rings (SSSR count). The Kier molecular flexibility index (Phi) is 5.95. The van der Waals surface area contributed by atoms with Crippen LogP contribution in [-0.4, -0.2) is 48.5 Å². The number of aromatic nitrogens is 1. The minimum Gasteiger partial charge on any atom is -0.302 e. The van der Waals surface area contributed by atoms with Crippen LogP contribution in [0.2, 0.25) is 0 Å². The highest BCUT2D eigenvalue weighted by molar-refractivity contribution is 5.48. The van der Waals surface area contributed by atoms with Gasteiger partial charge in [0.05, 0.1) is 0 Å². The van der Waals surface area contributed by atoms with Gasteiger partial charge in [-0.15, -0.1) is 0 Å². The van der Waals surface area contributed by atoms with E-state index in [0.29, 0.717) is 12.0 Å². The molecular formula is C21H26FN3. The second-order valence-corrected chi connectivity index (χ2v) is 6.94.